The first kappa shape index (κ1) is 13.7. The molecule has 1 N–H and O–H groups in total. The quantitative estimate of drug-likeness (QED) is 0.858. The van der Waals surface area contributed by atoms with Crippen molar-refractivity contribution in [2.24, 2.45) is 0 Å². The molecule has 1 aliphatic rings. The molecule has 0 spiro atoms. The SMILES string of the molecule is CCOc1ccccc1OCC(=O)NC1CCCC1. The monoisotopic (exact) mass is 263 g/mol. The molecule has 2 rings (SSSR count). The third kappa shape index (κ3) is 4.16. The molecule has 0 atom stereocenters. The number of hydrogen-bond acceptors (Lipinski definition) is 3. The molecule has 1 aliphatic carbocycles. The van der Waals surface area contributed by atoms with E-state index in [1.807, 2.05) is 31.2 Å². The predicted molar refractivity (Wildman–Crippen MR) is 73.5 cm³/mol. The van der Waals surface area contributed by atoms with E-state index in [2.05, 4.69) is 5.32 Å². The lowest BCUT2D eigenvalue weighted by atomic mass is 10.2. The molecule has 0 unspecified atom stereocenters. The van der Waals surface area contributed by atoms with Crippen molar-refractivity contribution in [1.82, 2.24) is 5.32 Å². The molecule has 0 saturated heterocycles. The van der Waals surface area contributed by atoms with Gasteiger partial charge in [-0.15, -0.1) is 0 Å². The standard InChI is InChI=1S/C15H21NO3/c1-2-18-13-9-5-6-10-14(13)19-11-15(17)16-12-7-3-4-8-12/h5-6,9-10,12H,2-4,7-8,11H2,1H3,(H,16,17). The Balaban J connectivity index is 1.82. The molecule has 4 heteroatoms. The van der Waals surface area contributed by atoms with E-state index in [4.69, 9.17) is 9.47 Å². The van der Waals surface area contributed by atoms with Gasteiger partial charge in [0.25, 0.3) is 5.91 Å². The molecule has 1 aromatic carbocycles. The maximum Gasteiger partial charge on any atom is 0.258 e. The topological polar surface area (TPSA) is 47.6 Å². The Hall–Kier alpha value is -1.71. The molecule has 0 aliphatic heterocycles. The molecule has 104 valence electrons. The summed E-state index contributed by atoms with van der Waals surface area (Å²) in [6, 6.07) is 7.74. The molecular formula is C15H21NO3. The highest BCUT2D eigenvalue weighted by atomic mass is 16.5. The third-order valence-electron chi connectivity index (χ3n) is 3.23. The molecule has 1 aromatic rings. The van der Waals surface area contributed by atoms with Crippen LogP contribution in [0.1, 0.15) is 32.6 Å². The number of amides is 1. The summed E-state index contributed by atoms with van der Waals surface area (Å²) >= 11 is 0. The van der Waals surface area contributed by atoms with Crippen LogP contribution in [0.5, 0.6) is 11.5 Å². The second-order valence-corrected chi connectivity index (χ2v) is 4.72. The Labute approximate surface area is 114 Å². The van der Waals surface area contributed by atoms with E-state index >= 15 is 0 Å². The van der Waals surface area contributed by atoms with Gasteiger partial charge in [-0.25, -0.2) is 0 Å². The van der Waals surface area contributed by atoms with Gasteiger partial charge in [0.05, 0.1) is 6.61 Å². The van der Waals surface area contributed by atoms with Crippen LogP contribution in [0, 0.1) is 0 Å². The Kier molecular flexibility index (Phi) is 5.07. The largest absolute Gasteiger partial charge is 0.490 e. The van der Waals surface area contributed by atoms with Crippen LogP contribution in [0.4, 0.5) is 0 Å². The molecule has 1 saturated carbocycles. The van der Waals surface area contributed by atoms with Crippen molar-refractivity contribution in [2.75, 3.05) is 13.2 Å². The number of carbonyl (C=O) groups is 1. The minimum absolute atomic E-state index is 0.0422. The summed E-state index contributed by atoms with van der Waals surface area (Å²) in [5.74, 6) is 1.24. The predicted octanol–water partition coefficient (Wildman–Crippen LogP) is 2.52. The average molecular weight is 263 g/mol. The van der Waals surface area contributed by atoms with Crippen LogP contribution in [-0.2, 0) is 4.79 Å². The summed E-state index contributed by atoms with van der Waals surface area (Å²) in [5, 5.41) is 3.00. The number of carbonyl (C=O) groups excluding carboxylic acids is 1. The van der Waals surface area contributed by atoms with E-state index in [0.29, 0.717) is 24.1 Å². The zero-order chi connectivity index (χ0) is 13.5. The van der Waals surface area contributed by atoms with E-state index in [1.54, 1.807) is 0 Å². The van der Waals surface area contributed by atoms with E-state index in [1.165, 1.54) is 12.8 Å². The minimum Gasteiger partial charge on any atom is -0.490 e. The second kappa shape index (κ2) is 7.02. The number of rotatable bonds is 6. The van der Waals surface area contributed by atoms with Crippen molar-refractivity contribution in [3.63, 3.8) is 0 Å². The van der Waals surface area contributed by atoms with Crippen LogP contribution in [0.2, 0.25) is 0 Å². The van der Waals surface area contributed by atoms with Crippen LogP contribution in [-0.4, -0.2) is 25.2 Å². The van der Waals surface area contributed by atoms with E-state index < -0.39 is 0 Å². The summed E-state index contributed by atoms with van der Waals surface area (Å²) in [7, 11) is 0. The van der Waals surface area contributed by atoms with Crippen LogP contribution >= 0.6 is 0 Å². The Morgan fingerprint density at radius 2 is 1.84 bits per heavy atom. The van der Waals surface area contributed by atoms with Crippen molar-refractivity contribution < 1.29 is 14.3 Å². The molecule has 0 aromatic heterocycles. The molecule has 1 fully saturated rings. The Morgan fingerprint density at radius 3 is 2.47 bits per heavy atom. The highest BCUT2D eigenvalue weighted by molar-refractivity contribution is 5.78. The van der Waals surface area contributed by atoms with E-state index in [0.717, 1.165) is 12.8 Å². The highest BCUT2D eigenvalue weighted by Gasteiger charge is 2.17. The number of nitrogens with one attached hydrogen (secondary N) is 1. The number of ether oxygens (including phenoxy) is 2. The van der Waals surface area contributed by atoms with Gasteiger partial charge in [-0.1, -0.05) is 25.0 Å². The van der Waals surface area contributed by atoms with Gasteiger partial charge in [0, 0.05) is 6.04 Å². The van der Waals surface area contributed by atoms with Crippen LogP contribution in [0.3, 0.4) is 0 Å². The van der Waals surface area contributed by atoms with Gasteiger partial charge in [-0.05, 0) is 31.9 Å². The summed E-state index contributed by atoms with van der Waals surface area (Å²) in [6.45, 7) is 2.54. The fraction of sp³-hybridized carbons (Fsp3) is 0.533. The average Bonchev–Trinajstić information content (AvgIpc) is 2.91. The van der Waals surface area contributed by atoms with Crippen molar-refractivity contribution in [2.45, 2.75) is 38.6 Å². The first-order valence-electron chi connectivity index (χ1n) is 6.93. The van der Waals surface area contributed by atoms with Gasteiger partial charge in [0.1, 0.15) is 0 Å². The van der Waals surface area contributed by atoms with Crippen LogP contribution in [0.15, 0.2) is 24.3 Å². The zero-order valence-corrected chi connectivity index (χ0v) is 11.4. The normalized spacial score (nSPS) is 15.2. The molecule has 0 bridgehead atoms. The van der Waals surface area contributed by atoms with Gasteiger partial charge in [0.15, 0.2) is 18.1 Å². The number of hydrogen-bond donors (Lipinski definition) is 1. The molecule has 0 heterocycles. The first-order valence-corrected chi connectivity index (χ1v) is 6.93. The summed E-state index contributed by atoms with van der Waals surface area (Å²) in [4.78, 5) is 11.8. The van der Waals surface area contributed by atoms with Crippen LogP contribution in [0.25, 0.3) is 0 Å². The van der Waals surface area contributed by atoms with Crippen molar-refractivity contribution in [3.8, 4) is 11.5 Å². The molecule has 0 radical (unpaired) electrons. The van der Waals surface area contributed by atoms with Crippen LogP contribution < -0.4 is 14.8 Å². The van der Waals surface area contributed by atoms with Gasteiger partial charge >= 0.3 is 0 Å². The van der Waals surface area contributed by atoms with E-state index in [-0.39, 0.29) is 12.5 Å². The lowest BCUT2D eigenvalue weighted by Crippen LogP contribution is -2.36. The maximum absolute atomic E-state index is 11.8. The summed E-state index contributed by atoms with van der Waals surface area (Å²) < 4.78 is 11.0. The third-order valence-corrected chi connectivity index (χ3v) is 3.23. The van der Waals surface area contributed by atoms with Gasteiger partial charge in [-0.2, -0.15) is 0 Å². The Morgan fingerprint density at radius 1 is 1.21 bits per heavy atom. The fourth-order valence-electron chi connectivity index (χ4n) is 2.33. The van der Waals surface area contributed by atoms with Crippen molar-refractivity contribution >= 4 is 5.91 Å². The Bertz CT molecular complexity index is 414. The van der Waals surface area contributed by atoms with Crippen molar-refractivity contribution in [3.05, 3.63) is 24.3 Å². The molecule has 1 amide bonds. The van der Waals surface area contributed by atoms with Gasteiger partial charge < -0.3 is 14.8 Å². The smallest absolute Gasteiger partial charge is 0.258 e. The summed E-state index contributed by atoms with van der Waals surface area (Å²) in [5.41, 5.74) is 0. The minimum atomic E-state index is -0.0572. The molecular weight excluding hydrogens is 242 g/mol. The molecule has 19 heavy (non-hydrogen) atoms. The van der Waals surface area contributed by atoms with Crippen molar-refractivity contribution in [1.29, 1.82) is 0 Å². The second-order valence-electron chi connectivity index (χ2n) is 4.72. The van der Waals surface area contributed by atoms with E-state index in [9.17, 15) is 4.79 Å². The lowest BCUT2D eigenvalue weighted by molar-refractivity contribution is -0.123. The summed E-state index contributed by atoms with van der Waals surface area (Å²) in [6.07, 6.45) is 4.58. The zero-order valence-electron chi connectivity index (χ0n) is 11.4. The highest BCUT2D eigenvalue weighted by Crippen LogP contribution is 2.26. The fourth-order valence-corrected chi connectivity index (χ4v) is 2.33. The number of benzene rings is 1. The molecule has 4 nitrogen and oxygen atoms in total. The van der Waals surface area contributed by atoms with Gasteiger partial charge in [-0.3, -0.25) is 4.79 Å². The number of para-hydroxylation sites is 2. The lowest BCUT2D eigenvalue weighted by Gasteiger charge is -2.14. The maximum atomic E-state index is 11.8. The van der Waals surface area contributed by atoms with Gasteiger partial charge in [0.2, 0.25) is 0 Å². The first-order chi connectivity index (χ1) is 9.29.